The fourth-order valence-electron chi connectivity index (χ4n) is 3.38. The third-order valence-electron chi connectivity index (χ3n) is 5.04. The molecule has 0 bridgehead atoms. The van der Waals surface area contributed by atoms with Crippen LogP contribution in [0.5, 0.6) is 0 Å². The van der Waals surface area contributed by atoms with Crippen molar-refractivity contribution in [3.8, 4) is 11.8 Å². The van der Waals surface area contributed by atoms with Crippen molar-refractivity contribution in [2.24, 2.45) is 0 Å². The Kier molecular flexibility index (Phi) is 12.2. The summed E-state index contributed by atoms with van der Waals surface area (Å²) >= 11 is 0. The van der Waals surface area contributed by atoms with Crippen molar-refractivity contribution in [1.82, 2.24) is 0 Å². The van der Waals surface area contributed by atoms with E-state index in [-0.39, 0.29) is 0 Å². The summed E-state index contributed by atoms with van der Waals surface area (Å²) in [6.07, 6.45) is 14.9. The SMILES string of the molecule is CCCCCCC#C/C(=C/CCCCCC)P(c1ccccc1)c1ccccc1. The lowest BCUT2D eigenvalue weighted by molar-refractivity contribution is 0.674. The van der Waals surface area contributed by atoms with Crippen LogP contribution in [0.25, 0.3) is 0 Å². The van der Waals surface area contributed by atoms with Crippen LogP contribution in [0.3, 0.4) is 0 Å². The predicted molar refractivity (Wildman–Crippen MR) is 132 cm³/mol. The lowest BCUT2D eigenvalue weighted by atomic mass is 10.1. The summed E-state index contributed by atoms with van der Waals surface area (Å²) in [6.45, 7) is 4.54. The van der Waals surface area contributed by atoms with E-state index >= 15 is 0 Å². The van der Waals surface area contributed by atoms with Gasteiger partial charge in [0, 0.05) is 11.7 Å². The van der Waals surface area contributed by atoms with Gasteiger partial charge >= 0.3 is 0 Å². The van der Waals surface area contributed by atoms with Crippen LogP contribution in [0.1, 0.15) is 78.1 Å². The summed E-state index contributed by atoms with van der Waals surface area (Å²) in [5.41, 5.74) is 0. The van der Waals surface area contributed by atoms with Crippen LogP contribution in [-0.2, 0) is 0 Å². The van der Waals surface area contributed by atoms with Gasteiger partial charge in [0.25, 0.3) is 0 Å². The average molecular weight is 405 g/mol. The van der Waals surface area contributed by atoms with Crippen molar-refractivity contribution in [2.75, 3.05) is 0 Å². The molecule has 0 aromatic heterocycles. The van der Waals surface area contributed by atoms with Crippen molar-refractivity contribution in [2.45, 2.75) is 78.1 Å². The van der Waals surface area contributed by atoms with Crippen LogP contribution in [0.2, 0.25) is 0 Å². The Morgan fingerprint density at radius 3 is 1.83 bits per heavy atom. The van der Waals surface area contributed by atoms with Crippen LogP contribution < -0.4 is 10.6 Å². The Balaban J connectivity index is 2.25. The minimum absolute atomic E-state index is 0.579. The van der Waals surface area contributed by atoms with Gasteiger partial charge in [-0.15, -0.1) is 0 Å². The summed E-state index contributed by atoms with van der Waals surface area (Å²) in [6, 6.07) is 21.9. The zero-order chi connectivity index (χ0) is 20.6. The van der Waals surface area contributed by atoms with E-state index in [1.807, 2.05) is 0 Å². The van der Waals surface area contributed by atoms with Gasteiger partial charge < -0.3 is 0 Å². The number of hydrogen-bond acceptors (Lipinski definition) is 0. The molecular weight excluding hydrogens is 367 g/mol. The summed E-state index contributed by atoms with van der Waals surface area (Å²) < 4.78 is 0. The van der Waals surface area contributed by atoms with E-state index in [2.05, 4.69) is 92.4 Å². The largest absolute Gasteiger partial charge is 0.0978 e. The van der Waals surface area contributed by atoms with Crippen LogP contribution in [0.4, 0.5) is 0 Å². The van der Waals surface area contributed by atoms with E-state index < -0.39 is 7.92 Å². The number of unbranched alkanes of at least 4 members (excludes halogenated alkanes) is 8. The Morgan fingerprint density at radius 2 is 1.28 bits per heavy atom. The molecule has 29 heavy (non-hydrogen) atoms. The molecule has 0 unspecified atom stereocenters. The Morgan fingerprint density at radius 1 is 0.724 bits per heavy atom. The van der Waals surface area contributed by atoms with Gasteiger partial charge in [0.15, 0.2) is 0 Å². The van der Waals surface area contributed by atoms with Crippen molar-refractivity contribution in [3.05, 3.63) is 72.1 Å². The minimum Gasteiger partial charge on any atom is -0.0978 e. The lowest BCUT2D eigenvalue weighted by Gasteiger charge is -2.19. The van der Waals surface area contributed by atoms with E-state index in [4.69, 9.17) is 0 Å². The van der Waals surface area contributed by atoms with Crippen LogP contribution in [0, 0.1) is 11.8 Å². The normalized spacial score (nSPS) is 11.3. The Hall–Kier alpha value is -1.83. The quantitative estimate of drug-likeness (QED) is 0.191. The maximum absolute atomic E-state index is 3.62. The van der Waals surface area contributed by atoms with Crippen molar-refractivity contribution in [1.29, 1.82) is 0 Å². The average Bonchev–Trinajstić information content (AvgIpc) is 2.77. The second kappa shape index (κ2) is 15.1. The minimum atomic E-state index is -0.579. The van der Waals surface area contributed by atoms with Crippen LogP contribution in [-0.4, -0.2) is 0 Å². The molecule has 0 aliphatic carbocycles. The monoisotopic (exact) mass is 404 g/mol. The first-order valence-corrected chi connectivity index (χ1v) is 12.8. The number of benzene rings is 2. The van der Waals surface area contributed by atoms with Gasteiger partial charge in [-0.25, -0.2) is 0 Å². The fourth-order valence-corrected chi connectivity index (χ4v) is 5.68. The maximum atomic E-state index is 3.62. The highest BCUT2D eigenvalue weighted by atomic mass is 31.1. The molecule has 0 radical (unpaired) electrons. The van der Waals surface area contributed by atoms with E-state index in [1.54, 1.807) is 0 Å². The molecule has 0 atom stereocenters. The highest BCUT2D eigenvalue weighted by molar-refractivity contribution is 7.77. The maximum Gasteiger partial charge on any atom is 0.0305 e. The summed E-state index contributed by atoms with van der Waals surface area (Å²) in [5.74, 6) is 7.14. The third-order valence-corrected chi connectivity index (χ3v) is 7.44. The summed E-state index contributed by atoms with van der Waals surface area (Å²) in [5, 5.41) is 4.13. The van der Waals surface area contributed by atoms with Gasteiger partial charge in [0.1, 0.15) is 0 Å². The molecule has 1 heteroatoms. The van der Waals surface area contributed by atoms with Gasteiger partial charge in [-0.3, -0.25) is 0 Å². The summed E-state index contributed by atoms with van der Waals surface area (Å²) in [7, 11) is -0.579. The standard InChI is InChI=1S/C28H37P/c1-3-5-7-9-11-15-21-26(20-14-10-8-6-4-2)29(27-22-16-12-17-23-27)28-24-18-13-19-25-28/h12-13,16-20,22-25H,3-11,14H2,1-2H3/b26-20-. The van der Waals surface area contributed by atoms with E-state index in [9.17, 15) is 0 Å². The van der Waals surface area contributed by atoms with Gasteiger partial charge in [-0.1, -0.05) is 131 Å². The lowest BCUT2D eigenvalue weighted by Crippen LogP contribution is -2.12. The van der Waals surface area contributed by atoms with Crippen molar-refractivity contribution >= 4 is 18.5 Å². The fraction of sp³-hybridized carbons (Fsp3) is 0.429. The van der Waals surface area contributed by atoms with Crippen LogP contribution in [0.15, 0.2) is 72.1 Å². The zero-order valence-electron chi connectivity index (χ0n) is 18.4. The molecule has 0 aliphatic rings. The van der Waals surface area contributed by atoms with Gasteiger partial charge in [0.2, 0.25) is 0 Å². The highest BCUT2D eigenvalue weighted by Gasteiger charge is 2.17. The second-order valence-electron chi connectivity index (χ2n) is 7.56. The van der Waals surface area contributed by atoms with Gasteiger partial charge in [-0.05, 0) is 37.8 Å². The first kappa shape index (κ1) is 23.4. The Labute approximate surface area is 180 Å². The molecule has 0 spiro atoms. The highest BCUT2D eigenvalue weighted by Crippen LogP contribution is 2.42. The van der Waals surface area contributed by atoms with Crippen LogP contribution >= 0.6 is 7.92 Å². The molecule has 0 saturated heterocycles. The van der Waals surface area contributed by atoms with Crippen molar-refractivity contribution < 1.29 is 0 Å². The topological polar surface area (TPSA) is 0 Å². The van der Waals surface area contributed by atoms with E-state index in [1.165, 1.54) is 67.3 Å². The predicted octanol–water partition coefficient (Wildman–Crippen LogP) is 7.95. The molecule has 0 saturated carbocycles. The molecule has 0 N–H and O–H groups in total. The summed E-state index contributed by atoms with van der Waals surface area (Å²) in [4.78, 5) is 0. The molecule has 0 nitrogen and oxygen atoms in total. The van der Waals surface area contributed by atoms with Gasteiger partial charge in [0.05, 0.1) is 0 Å². The second-order valence-corrected chi connectivity index (χ2v) is 9.74. The molecular formula is C28H37P. The molecule has 2 aromatic rings. The molecule has 154 valence electrons. The smallest absolute Gasteiger partial charge is 0.0305 e. The number of hydrogen-bond donors (Lipinski definition) is 0. The van der Waals surface area contributed by atoms with E-state index in [0.717, 1.165) is 12.8 Å². The molecule has 0 heterocycles. The molecule has 0 amide bonds. The van der Waals surface area contributed by atoms with Gasteiger partial charge in [-0.2, -0.15) is 0 Å². The van der Waals surface area contributed by atoms with E-state index in [0.29, 0.717) is 0 Å². The molecule has 2 rings (SSSR count). The third kappa shape index (κ3) is 9.02. The van der Waals surface area contributed by atoms with Crippen molar-refractivity contribution in [3.63, 3.8) is 0 Å². The number of rotatable bonds is 12. The number of allylic oxidation sites excluding steroid dienone is 2. The molecule has 2 aromatic carbocycles. The first-order chi connectivity index (χ1) is 14.4. The Bertz CT molecular complexity index is 710. The molecule has 0 aliphatic heterocycles. The molecule has 0 fully saturated rings. The first-order valence-electron chi connectivity index (χ1n) is 11.5. The zero-order valence-corrected chi connectivity index (χ0v) is 19.3.